The van der Waals surface area contributed by atoms with Gasteiger partial charge in [0, 0.05) is 23.6 Å². The Morgan fingerprint density at radius 1 is 1.12 bits per heavy atom. The van der Waals surface area contributed by atoms with Crippen molar-refractivity contribution in [2.75, 3.05) is 16.4 Å². The SMILES string of the molecule is [C-]#[N+]c1cn2ncnc(N)c2c1-c1ccc(NC(=O)Nc2cc(C(F)(F)F)ccn2)cc1. The Kier molecular flexibility index (Phi) is 5.07. The minimum absolute atomic E-state index is 0.208. The quantitative estimate of drug-likeness (QED) is 0.405. The zero-order valence-electron chi connectivity index (χ0n) is 16.1. The van der Waals surface area contributed by atoms with Gasteiger partial charge in [-0.15, -0.1) is 0 Å². The molecule has 0 atom stereocenters. The number of aromatic nitrogens is 4. The summed E-state index contributed by atoms with van der Waals surface area (Å²) in [6.07, 6.45) is -0.768. The van der Waals surface area contributed by atoms with Crippen LogP contribution in [-0.4, -0.2) is 25.6 Å². The molecule has 0 saturated heterocycles. The fraction of sp³-hybridized carbons (Fsp3) is 0.0500. The van der Waals surface area contributed by atoms with Crippen molar-refractivity contribution in [3.05, 3.63) is 72.1 Å². The number of urea groups is 1. The number of anilines is 3. The van der Waals surface area contributed by atoms with E-state index in [0.717, 1.165) is 18.3 Å². The Morgan fingerprint density at radius 3 is 2.56 bits per heavy atom. The number of carbonyl (C=O) groups is 1. The molecule has 0 unspecified atom stereocenters. The van der Waals surface area contributed by atoms with Crippen molar-refractivity contribution in [1.29, 1.82) is 0 Å². The van der Waals surface area contributed by atoms with Gasteiger partial charge in [-0.3, -0.25) is 5.32 Å². The molecule has 160 valence electrons. The minimum atomic E-state index is -4.55. The van der Waals surface area contributed by atoms with E-state index in [2.05, 4.69) is 30.5 Å². The number of nitrogens with zero attached hydrogens (tertiary/aromatic N) is 5. The standard InChI is InChI=1S/C20H13F3N8O/c1-25-14-9-31-17(18(24)27-10-28-31)16(14)11-2-4-13(5-3-11)29-19(32)30-15-8-12(6-7-26-15)20(21,22)23/h2-10H,(H2,24,27,28)(H2,26,29,30,32). The molecule has 9 nitrogen and oxygen atoms in total. The summed E-state index contributed by atoms with van der Waals surface area (Å²) in [5.74, 6) is -0.0357. The smallest absolute Gasteiger partial charge is 0.382 e. The van der Waals surface area contributed by atoms with E-state index in [1.165, 1.54) is 17.0 Å². The topological polar surface area (TPSA) is 115 Å². The van der Waals surface area contributed by atoms with Gasteiger partial charge in [0.15, 0.2) is 5.82 Å². The third-order valence-corrected chi connectivity index (χ3v) is 4.46. The summed E-state index contributed by atoms with van der Waals surface area (Å²) in [4.78, 5) is 23.3. The molecule has 0 bridgehead atoms. The molecule has 2 amide bonds. The molecule has 0 aliphatic carbocycles. The molecule has 4 aromatic rings. The molecule has 1 aromatic carbocycles. The molecule has 0 saturated carbocycles. The minimum Gasteiger partial charge on any atom is -0.382 e. The predicted molar refractivity (Wildman–Crippen MR) is 111 cm³/mol. The molecule has 0 aliphatic rings. The Hall–Kier alpha value is -4.66. The molecule has 0 radical (unpaired) electrons. The van der Waals surface area contributed by atoms with Crippen LogP contribution in [0.25, 0.3) is 21.5 Å². The van der Waals surface area contributed by atoms with Crippen LogP contribution >= 0.6 is 0 Å². The van der Waals surface area contributed by atoms with Crippen molar-refractivity contribution < 1.29 is 18.0 Å². The number of carbonyl (C=O) groups excluding carboxylic acids is 1. The molecule has 0 fully saturated rings. The fourth-order valence-corrected chi connectivity index (χ4v) is 3.07. The van der Waals surface area contributed by atoms with Crippen molar-refractivity contribution in [2.45, 2.75) is 6.18 Å². The Bertz CT molecular complexity index is 1360. The highest BCUT2D eigenvalue weighted by Gasteiger charge is 2.30. The highest BCUT2D eigenvalue weighted by atomic mass is 19.4. The lowest BCUT2D eigenvalue weighted by atomic mass is 10.1. The van der Waals surface area contributed by atoms with Crippen LogP contribution in [0, 0.1) is 6.57 Å². The summed E-state index contributed by atoms with van der Waals surface area (Å²) >= 11 is 0. The van der Waals surface area contributed by atoms with Gasteiger partial charge >= 0.3 is 12.2 Å². The molecular formula is C20H13F3N8O. The van der Waals surface area contributed by atoms with E-state index >= 15 is 0 Å². The second-order valence-corrected chi connectivity index (χ2v) is 6.52. The van der Waals surface area contributed by atoms with Crippen molar-refractivity contribution in [3.8, 4) is 11.1 Å². The average molecular weight is 438 g/mol. The second-order valence-electron chi connectivity index (χ2n) is 6.52. The number of hydrogen-bond acceptors (Lipinski definition) is 5. The van der Waals surface area contributed by atoms with E-state index in [9.17, 15) is 18.0 Å². The zero-order chi connectivity index (χ0) is 22.9. The summed E-state index contributed by atoms with van der Waals surface area (Å²) in [5.41, 5.74) is 7.39. The largest absolute Gasteiger partial charge is 0.416 e. The van der Waals surface area contributed by atoms with Crippen LogP contribution in [-0.2, 0) is 6.18 Å². The Balaban J connectivity index is 1.54. The number of rotatable bonds is 3. The van der Waals surface area contributed by atoms with E-state index in [4.69, 9.17) is 12.3 Å². The molecule has 0 spiro atoms. The van der Waals surface area contributed by atoms with Crippen LogP contribution in [0.1, 0.15) is 5.56 Å². The highest BCUT2D eigenvalue weighted by Crippen LogP contribution is 2.38. The van der Waals surface area contributed by atoms with Crippen LogP contribution in [0.3, 0.4) is 0 Å². The summed E-state index contributed by atoms with van der Waals surface area (Å²) in [6, 6.07) is 7.25. The first kappa shape index (κ1) is 20.6. The molecule has 4 rings (SSSR count). The summed E-state index contributed by atoms with van der Waals surface area (Å²) < 4.78 is 39.8. The summed E-state index contributed by atoms with van der Waals surface area (Å²) in [7, 11) is 0. The molecule has 32 heavy (non-hydrogen) atoms. The van der Waals surface area contributed by atoms with Crippen molar-refractivity contribution in [2.24, 2.45) is 0 Å². The maximum absolute atomic E-state index is 12.8. The van der Waals surface area contributed by atoms with E-state index in [1.54, 1.807) is 24.3 Å². The number of nitrogen functional groups attached to an aromatic ring is 1. The van der Waals surface area contributed by atoms with Gasteiger partial charge in [0.25, 0.3) is 0 Å². The predicted octanol–water partition coefficient (Wildman–Crippen LogP) is 4.59. The molecule has 3 aromatic heterocycles. The second kappa shape index (κ2) is 7.88. The van der Waals surface area contributed by atoms with Gasteiger partial charge in [-0.2, -0.15) is 18.3 Å². The first-order valence-corrected chi connectivity index (χ1v) is 8.97. The normalized spacial score (nSPS) is 11.2. The van der Waals surface area contributed by atoms with Crippen LogP contribution in [0.5, 0.6) is 0 Å². The van der Waals surface area contributed by atoms with E-state index < -0.39 is 17.8 Å². The Labute approximate surface area is 178 Å². The molecule has 12 heteroatoms. The van der Waals surface area contributed by atoms with Gasteiger partial charge in [-0.1, -0.05) is 12.1 Å². The van der Waals surface area contributed by atoms with Crippen molar-refractivity contribution in [1.82, 2.24) is 19.6 Å². The van der Waals surface area contributed by atoms with Gasteiger partial charge in [0.1, 0.15) is 17.7 Å². The number of nitrogens with two attached hydrogens (primary N) is 1. The third-order valence-electron chi connectivity index (χ3n) is 4.46. The lowest BCUT2D eigenvalue weighted by Gasteiger charge is -2.10. The lowest BCUT2D eigenvalue weighted by Crippen LogP contribution is -2.20. The van der Waals surface area contributed by atoms with Gasteiger partial charge in [0.05, 0.1) is 12.1 Å². The molecule has 0 aliphatic heterocycles. The van der Waals surface area contributed by atoms with Crippen LogP contribution in [0.15, 0.2) is 55.1 Å². The first-order valence-electron chi connectivity index (χ1n) is 8.97. The Morgan fingerprint density at radius 2 is 1.88 bits per heavy atom. The number of amides is 2. The molecule has 3 heterocycles. The van der Waals surface area contributed by atoms with Crippen LogP contribution in [0.4, 0.5) is 41.0 Å². The number of hydrogen-bond donors (Lipinski definition) is 3. The number of nitrogens with one attached hydrogen (secondary N) is 2. The number of fused-ring (bicyclic) bond motifs is 1. The van der Waals surface area contributed by atoms with Crippen LogP contribution in [0.2, 0.25) is 0 Å². The van der Waals surface area contributed by atoms with Crippen molar-refractivity contribution in [3.63, 3.8) is 0 Å². The summed E-state index contributed by atoms with van der Waals surface area (Å²) in [6.45, 7) is 7.41. The van der Waals surface area contributed by atoms with E-state index in [-0.39, 0.29) is 11.6 Å². The zero-order valence-corrected chi connectivity index (χ0v) is 16.1. The monoisotopic (exact) mass is 438 g/mol. The van der Waals surface area contributed by atoms with Gasteiger partial charge in [-0.25, -0.2) is 24.1 Å². The van der Waals surface area contributed by atoms with Gasteiger partial charge in [0.2, 0.25) is 5.69 Å². The first-order chi connectivity index (χ1) is 15.3. The molecular weight excluding hydrogens is 425 g/mol. The fourth-order valence-electron chi connectivity index (χ4n) is 3.07. The number of benzene rings is 1. The number of alkyl halides is 3. The van der Waals surface area contributed by atoms with Gasteiger partial charge < -0.3 is 11.1 Å². The van der Waals surface area contributed by atoms with Gasteiger partial charge in [-0.05, 0) is 29.8 Å². The maximum Gasteiger partial charge on any atom is 0.416 e. The third kappa shape index (κ3) is 3.99. The van der Waals surface area contributed by atoms with E-state index in [0.29, 0.717) is 28.0 Å². The van der Waals surface area contributed by atoms with Crippen molar-refractivity contribution >= 4 is 34.6 Å². The van der Waals surface area contributed by atoms with E-state index in [1.807, 2.05) is 0 Å². The number of halogens is 3. The average Bonchev–Trinajstić information content (AvgIpc) is 3.14. The van der Waals surface area contributed by atoms with Crippen LogP contribution < -0.4 is 16.4 Å². The molecule has 4 N–H and O–H groups in total. The summed E-state index contributed by atoms with van der Waals surface area (Å²) in [5, 5.41) is 8.83. The number of pyridine rings is 1. The maximum atomic E-state index is 12.8. The lowest BCUT2D eigenvalue weighted by molar-refractivity contribution is -0.137. The highest BCUT2D eigenvalue weighted by molar-refractivity contribution is 6.00.